The van der Waals surface area contributed by atoms with Crippen LogP contribution in [0.5, 0.6) is 0 Å². The number of rotatable bonds is 6. The third-order valence-electron chi connectivity index (χ3n) is 4.62. The van der Waals surface area contributed by atoms with Crippen molar-refractivity contribution in [2.75, 3.05) is 14.1 Å². The van der Waals surface area contributed by atoms with Crippen molar-refractivity contribution in [3.63, 3.8) is 0 Å². The van der Waals surface area contributed by atoms with Crippen LogP contribution in [0.25, 0.3) is 0 Å². The number of nitrogens with zero attached hydrogens (tertiary/aromatic N) is 2. The molecule has 3 nitrogen and oxygen atoms in total. The van der Waals surface area contributed by atoms with Crippen molar-refractivity contribution in [3.8, 4) is 0 Å². The lowest BCUT2D eigenvalue weighted by atomic mass is 9.78. The molecule has 1 heterocycles. The molecule has 0 aromatic rings. The van der Waals surface area contributed by atoms with E-state index in [-0.39, 0.29) is 11.1 Å². The van der Waals surface area contributed by atoms with E-state index in [1.807, 2.05) is 0 Å². The topological polar surface area (TPSA) is 15.7 Å². The summed E-state index contributed by atoms with van der Waals surface area (Å²) in [6, 6.07) is 0.631. The quantitative estimate of drug-likeness (QED) is 0.731. The van der Waals surface area contributed by atoms with E-state index in [9.17, 15) is 0 Å². The summed E-state index contributed by atoms with van der Waals surface area (Å²) in [7, 11) is 4.39. The largest absolute Gasteiger partial charge is 0.306 e. The van der Waals surface area contributed by atoms with Gasteiger partial charge in [-0.2, -0.15) is 5.06 Å². The highest BCUT2D eigenvalue weighted by Gasteiger charge is 2.47. The molecule has 1 unspecified atom stereocenters. The van der Waals surface area contributed by atoms with Gasteiger partial charge in [0.2, 0.25) is 0 Å². The normalized spacial score (nSPS) is 25.1. The Morgan fingerprint density at radius 3 is 1.95 bits per heavy atom. The van der Waals surface area contributed by atoms with E-state index in [4.69, 9.17) is 4.84 Å². The van der Waals surface area contributed by atoms with Crippen molar-refractivity contribution in [2.24, 2.45) is 0 Å². The van der Waals surface area contributed by atoms with Gasteiger partial charge in [0.1, 0.15) is 0 Å². The minimum absolute atomic E-state index is 0.0812. The predicted octanol–water partition coefficient (Wildman–Crippen LogP) is 4.08. The summed E-state index contributed by atoms with van der Waals surface area (Å²) < 4.78 is 0. The first-order valence-corrected chi connectivity index (χ1v) is 8.27. The van der Waals surface area contributed by atoms with Gasteiger partial charge in [-0.05, 0) is 67.5 Å². The first-order valence-electron chi connectivity index (χ1n) is 8.27. The second-order valence-electron chi connectivity index (χ2n) is 7.87. The molecule has 0 amide bonds. The molecule has 0 aromatic heterocycles. The lowest BCUT2D eigenvalue weighted by Gasteiger charge is -2.55. The van der Waals surface area contributed by atoms with E-state index in [1.54, 1.807) is 0 Å². The molecular formula is C17H36N2O. The average Bonchev–Trinajstić information content (AvgIpc) is 2.30. The van der Waals surface area contributed by atoms with E-state index in [1.165, 1.54) is 6.42 Å². The fourth-order valence-electron chi connectivity index (χ4n) is 3.66. The molecule has 0 bridgehead atoms. The van der Waals surface area contributed by atoms with E-state index in [0.717, 1.165) is 25.7 Å². The minimum atomic E-state index is 0.0812. The summed E-state index contributed by atoms with van der Waals surface area (Å²) in [5.74, 6) is 0. The van der Waals surface area contributed by atoms with Crippen LogP contribution in [0.3, 0.4) is 0 Å². The highest BCUT2D eigenvalue weighted by atomic mass is 16.7. The van der Waals surface area contributed by atoms with Gasteiger partial charge < -0.3 is 4.90 Å². The molecule has 3 heteroatoms. The molecule has 1 aliphatic rings. The van der Waals surface area contributed by atoms with Crippen LogP contribution in [0.1, 0.15) is 73.6 Å². The van der Waals surface area contributed by atoms with Crippen LogP contribution < -0.4 is 0 Å². The van der Waals surface area contributed by atoms with Crippen molar-refractivity contribution >= 4 is 0 Å². The van der Waals surface area contributed by atoms with Crippen molar-refractivity contribution in [2.45, 2.75) is 96.9 Å². The van der Waals surface area contributed by atoms with Gasteiger partial charge >= 0.3 is 0 Å². The molecular weight excluding hydrogens is 248 g/mol. The Bertz CT molecular complexity index is 281. The smallest absolute Gasteiger partial charge is 0.0791 e. The molecule has 120 valence electrons. The molecule has 0 radical (unpaired) electrons. The maximum absolute atomic E-state index is 6.45. The third kappa shape index (κ3) is 4.19. The molecule has 1 atom stereocenters. The highest BCUT2D eigenvalue weighted by molar-refractivity contribution is 4.99. The molecule has 0 N–H and O–H groups in total. The molecule has 1 fully saturated rings. The SMILES string of the molecule is CCCC(CC)ON1C(C)(C)CC(N(C)C)CC1(C)C. The van der Waals surface area contributed by atoms with Crippen molar-refractivity contribution in [1.29, 1.82) is 0 Å². The van der Waals surface area contributed by atoms with E-state index in [0.29, 0.717) is 12.1 Å². The van der Waals surface area contributed by atoms with Crippen LogP contribution in [-0.2, 0) is 4.84 Å². The van der Waals surface area contributed by atoms with Gasteiger partial charge in [-0.15, -0.1) is 0 Å². The second-order valence-corrected chi connectivity index (χ2v) is 7.87. The molecule has 20 heavy (non-hydrogen) atoms. The minimum Gasteiger partial charge on any atom is -0.306 e. The molecule has 0 spiro atoms. The first-order chi connectivity index (χ1) is 9.14. The first kappa shape index (κ1) is 17.9. The van der Waals surface area contributed by atoms with Gasteiger partial charge in [-0.3, -0.25) is 4.84 Å². The predicted molar refractivity (Wildman–Crippen MR) is 86.8 cm³/mol. The maximum atomic E-state index is 6.45. The monoisotopic (exact) mass is 284 g/mol. The number of hydrogen-bond acceptors (Lipinski definition) is 3. The van der Waals surface area contributed by atoms with E-state index in [2.05, 4.69) is 65.6 Å². The van der Waals surface area contributed by atoms with Crippen LogP contribution in [0.4, 0.5) is 0 Å². The number of piperidine rings is 1. The number of hydrogen-bond donors (Lipinski definition) is 0. The Balaban J connectivity index is 2.88. The van der Waals surface area contributed by atoms with Gasteiger partial charge in [0, 0.05) is 17.1 Å². The fraction of sp³-hybridized carbons (Fsp3) is 1.00. The summed E-state index contributed by atoms with van der Waals surface area (Å²) >= 11 is 0. The Hall–Kier alpha value is -0.120. The lowest BCUT2D eigenvalue weighted by Crippen LogP contribution is -2.64. The zero-order chi connectivity index (χ0) is 15.6. The van der Waals surface area contributed by atoms with Gasteiger partial charge in [-0.25, -0.2) is 0 Å². The molecule has 1 aliphatic heterocycles. The Morgan fingerprint density at radius 2 is 1.60 bits per heavy atom. The van der Waals surface area contributed by atoms with E-state index < -0.39 is 0 Å². The van der Waals surface area contributed by atoms with Crippen LogP contribution in [0.15, 0.2) is 0 Å². The van der Waals surface area contributed by atoms with Gasteiger partial charge in [0.25, 0.3) is 0 Å². The van der Waals surface area contributed by atoms with Gasteiger partial charge in [-0.1, -0.05) is 20.3 Å². The summed E-state index contributed by atoms with van der Waals surface area (Å²) in [5, 5.41) is 2.31. The van der Waals surface area contributed by atoms with Crippen molar-refractivity contribution in [1.82, 2.24) is 9.96 Å². The van der Waals surface area contributed by atoms with Gasteiger partial charge in [0.05, 0.1) is 6.10 Å². The summed E-state index contributed by atoms with van der Waals surface area (Å²) in [6.07, 6.45) is 6.10. The standard InChI is InChI=1S/C17H36N2O/c1-9-11-15(10-2)20-19-16(3,4)12-14(18(7)8)13-17(19,5)6/h14-15H,9-13H2,1-8H3. The van der Waals surface area contributed by atoms with Crippen molar-refractivity contribution in [3.05, 3.63) is 0 Å². The zero-order valence-electron chi connectivity index (χ0n) is 15.0. The zero-order valence-corrected chi connectivity index (χ0v) is 15.0. The van der Waals surface area contributed by atoms with Crippen molar-refractivity contribution < 1.29 is 4.84 Å². The summed E-state index contributed by atoms with van der Waals surface area (Å²) in [5.41, 5.74) is 0.162. The van der Waals surface area contributed by atoms with E-state index >= 15 is 0 Å². The lowest BCUT2D eigenvalue weighted by molar-refractivity contribution is -0.311. The fourth-order valence-corrected chi connectivity index (χ4v) is 3.66. The average molecular weight is 284 g/mol. The maximum Gasteiger partial charge on any atom is 0.0791 e. The molecule has 0 saturated carbocycles. The molecule has 1 rings (SSSR count). The Labute approximate surface area is 126 Å². The highest BCUT2D eigenvalue weighted by Crippen LogP contribution is 2.40. The second kappa shape index (κ2) is 6.76. The van der Waals surface area contributed by atoms with Crippen LogP contribution in [0, 0.1) is 0 Å². The summed E-state index contributed by atoms with van der Waals surface area (Å²) in [6.45, 7) is 13.8. The third-order valence-corrected chi connectivity index (χ3v) is 4.62. The Kier molecular flexibility index (Phi) is 6.06. The summed E-state index contributed by atoms with van der Waals surface area (Å²) in [4.78, 5) is 8.82. The van der Waals surface area contributed by atoms with Gasteiger partial charge in [0.15, 0.2) is 0 Å². The Morgan fingerprint density at radius 1 is 1.10 bits per heavy atom. The van der Waals surface area contributed by atoms with Crippen LogP contribution in [-0.4, -0.2) is 47.3 Å². The molecule has 0 aromatic carbocycles. The van der Waals surface area contributed by atoms with Crippen LogP contribution in [0.2, 0.25) is 0 Å². The molecule has 0 aliphatic carbocycles. The molecule has 1 saturated heterocycles. The number of hydroxylamine groups is 2. The van der Waals surface area contributed by atoms with Crippen LogP contribution >= 0.6 is 0 Å².